The molecule has 1 atom stereocenters. The molecule has 0 heterocycles. The molecule has 1 aromatic carbocycles. The molecular weight excluding hydrogens is 317 g/mol. The van der Waals surface area contributed by atoms with Gasteiger partial charge >= 0.3 is 5.97 Å². The maximum absolute atomic E-state index is 11.5. The first-order chi connectivity index (χ1) is 7.49. The molecule has 0 bridgehead atoms. The summed E-state index contributed by atoms with van der Waals surface area (Å²) in [4.78, 5) is 11.5. The van der Waals surface area contributed by atoms with Crippen molar-refractivity contribution in [1.29, 1.82) is 0 Å². The van der Waals surface area contributed by atoms with Crippen LogP contribution in [0.5, 0.6) is 0 Å². The third kappa shape index (κ3) is 4.49. The van der Waals surface area contributed by atoms with E-state index in [1.165, 1.54) is 3.57 Å². The van der Waals surface area contributed by atoms with Crippen molar-refractivity contribution in [1.82, 2.24) is 0 Å². The van der Waals surface area contributed by atoms with Gasteiger partial charge in [0, 0.05) is 3.57 Å². The molecule has 0 fully saturated rings. The van der Waals surface area contributed by atoms with Crippen LogP contribution in [0.3, 0.4) is 0 Å². The van der Waals surface area contributed by atoms with Gasteiger partial charge in [-0.25, -0.2) is 0 Å². The quantitative estimate of drug-likeness (QED) is 0.678. The maximum atomic E-state index is 11.5. The number of carbonyl (C=O) groups is 1. The normalized spacial score (nSPS) is 12.6. The zero-order chi connectivity index (χ0) is 12.1. The first-order valence-corrected chi connectivity index (χ1v) is 6.27. The van der Waals surface area contributed by atoms with Gasteiger partial charge in [-0.1, -0.05) is 12.1 Å². The van der Waals surface area contributed by atoms with Crippen molar-refractivity contribution in [3.8, 4) is 0 Å². The van der Waals surface area contributed by atoms with Crippen LogP contribution < -0.4 is 5.73 Å². The summed E-state index contributed by atoms with van der Waals surface area (Å²) in [5.74, 6) is -0.339. The van der Waals surface area contributed by atoms with E-state index in [0.29, 0.717) is 6.42 Å². The van der Waals surface area contributed by atoms with Crippen molar-refractivity contribution in [3.05, 3.63) is 33.4 Å². The lowest BCUT2D eigenvalue weighted by atomic mass is 10.1. The van der Waals surface area contributed by atoms with E-state index in [2.05, 4.69) is 22.6 Å². The van der Waals surface area contributed by atoms with Crippen LogP contribution in [0.15, 0.2) is 24.3 Å². The molecule has 0 saturated heterocycles. The molecule has 0 aliphatic heterocycles. The average Bonchev–Trinajstić information content (AvgIpc) is 2.20. The number of hydrogen-bond donors (Lipinski definition) is 1. The van der Waals surface area contributed by atoms with Gasteiger partial charge in [0.25, 0.3) is 0 Å². The van der Waals surface area contributed by atoms with Gasteiger partial charge in [-0.2, -0.15) is 0 Å². The monoisotopic (exact) mass is 333 g/mol. The maximum Gasteiger partial charge on any atom is 0.323 e. The summed E-state index contributed by atoms with van der Waals surface area (Å²) in [6, 6.07) is 7.36. The van der Waals surface area contributed by atoms with Crippen molar-refractivity contribution in [2.45, 2.75) is 32.4 Å². The fourth-order valence-corrected chi connectivity index (χ4v) is 1.64. The summed E-state index contributed by atoms with van der Waals surface area (Å²) in [7, 11) is 0. The zero-order valence-corrected chi connectivity index (χ0v) is 11.6. The number of benzene rings is 1. The molecule has 3 nitrogen and oxygen atoms in total. The van der Waals surface area contributed by atoms with Crippen LogP contribution in [-0.4, -0.2) is 18.1 Å². The highest BCUT2D eigenvalue weighted by molar-refractivity contribution is 14.1. The van der Waals surface area contributed by atoms with Crippen molar-refractivity contribution < 1.29 is 9.53 Å². The fourth-order valence-electron chi connectivity index (χ4n) is 1.28. The molecule has 0 amide bonds. The standard InChI is InChI=1S/C12H16INO2/c1-8(2)16-12(15)11(14)7-9-3-5-10(13)6-4-9/h3-6,8,11H,7,14H2,1-2H3/t11-/m0/s1. The van der Waals surface area contributed by atoms with E-state index in [1.807, 2.05) is 38.1 Å². The van der Waals surface area contributed by atoms with E-state index in [0.717, 1.165) is 5.56 Å². The summed E-state index contributed by atoms with van der Waals surface area (Å²) >= 11 is 2.24. The Morgan fingerprint density at radius 1 is 1.38 bits per heavy atom. The summed E-state index contributed by atoms with van der Waals surface area (Å²) in [5, 5.41) is 0. The zero-order valence-electron chi connectivity index (χ0n) is 9.44. The number of esters is 1. The van der Waals surface area contributed by atoms with Crippen molar-refractivity contribution in [2.75, 3.05) is 0 Å². The Balaban J connectivity index is 2.53. The Morgan fingerprint density at radius 3 is 2.44 bits per heavy atom. The molecule has 1 rings (SSSR count). The predicted molar refractivity (Wildman–Crippen MR) is 72.1 cm³/mol. The Hall–Kier alpha value is -0.620. The predicted octanol–water partition coefficient (Wildman–Crippen LogP) is 2.11. The average molecular weight is 333 g/mol. The van der Waals surface area contributed by atoms with E-state index in [9.17, 15) is 4.79 Å². The van der Waals surface area contributed by atoms with Crippen LogP contribution in [0, 0.1) is 3.57 Å². The molecule has 0 aliphatic rings. The van der Waals surface area contributed by atoms with Crippen molar-refractivity contribution >= 4 is 28.6 Å². The van der Waals surface area contributed by atoms with Gasteiger partial charge in [0.15, 0.2) is 0 Å². The van der Waals surface area contributed by atoms with E-state index in [-0.39, 0.29) is 12.1 Å². The number of rotatable bonds is 4. The summed E-state index contributed by atoms with van der Waals surface area (Å²) < 4.78 is 6.21. The minimum atomic E-state index is -0.581. The third-order valence-electron chi connectivity index (χ3n) is 2.02. The summed E-state index contributed by atoms with van der Waals surface area (Å²) in [6.45, 7) is 3.63. The number of nitrogens with two attached hydrogens (primary N) is 1. The highest BCUT2D eigenvalue weighted by atomic mass is 127. The molecular formula is C12H16INO2. The highest BCUT2D eigenvalue weighted by Gasteiger charge is 2.16. The molecule has 2 N–H and O–H groups in total. The van der Waals surface area contributed by atoms with Gasteiger partial charge < -0.3 is 10.5 Å². The minimum Gasteiger partial charge on any atom is -0.462 e. The molecule has 16 heavy (non-hydrogen) atoms. The molecule has 0 aliphatic carbocycles. The van der Waals surface area contributed by atoms with Gasteiger partial charge in [0.05, 0.1) is 6.10 Å². The smallest absolute Gasteiger partial charge is 0.323 e. The van der Waals surface area contributed by atoms with Gasteiger partial charge in [0.2, 0.25) is 0 Å². The van der Waals surface area contributed by atoms with Crippen LogP contribution in [0.2, 0.25) is 0 Å². The van der Waals surface area contributed by atoms with Gasteiger partial charge in [-0.05, 0) is 60.6 Å². The van der Waals surface area contributed by atoms with Gasteiger partial charge in [0.1, 0.15) is 6.04 Å². The molecule has 1 aromatic rings. The number of halogens is 1. The lowest BCUT2D eigenvalue weighted by Crippen LogP contribution is -2.35. The Morgan fingerprint density at radius 2 is 1.94 bits per heavy atom. The first kappa shape index (κ1) is 13.4. The van der Waals surface area contributed by atoms with Crippen molar-refractivity contribution in [3.63, 3.8) is 0 Å². The van der Waals surface area contributed by atoms with Crippen LogP contribution in [0.1, 0.15) is 19.4 Å². The van der Waals surface area contributed by atoms with Crippen LogP contribution in [-0.2, 0) is 16.0 Å². The molecule has 4 heteroatoms. The second-order valence-electron chi connectivity index (χ2n) is 3.92. The summed E-state index contributed by atoms with van der Waals surface area (Å²) in [5.41, 5.74) is 6.81. The molecule has 88 valence electrons. The topological polar surface area (TPSA) is 52.3 Å². The van der Waals surface area contributed by atoms with Gasteiger partial charge in [-0.3, -0.25) is 4.79 Å². The van der Waals surface area contributed by atoms with Crippen LogP contribution >= 0.6 is 22.6 Å². The first-order valence-electron chi connectivity index (χ1n) is 5.19. The van der Waals surface area contributed by atoms with E-state index < -0.39 is 6.04 Å². The minimum absolute atomic E-state index is 0.115. The second kappa shape index (κ2) is 6.20. The second-order valence-corrected chi connectivity index (χ2v) is 5.17. The Labute approximate surface area is 109 Å². The van der Waals surface area contributed by atoms with E-state index >= 15 is 0 Å². The lowest BCUT2D eigenvalue weighted by molar-refractivity contribution is -0.148. The van der Waals surface area contributed by atoms with Crippen LogP contribution in [0.4, 0.5) is 0 Å². The van der Waals surface area contributed by atoms with E-state index in [1.54, 1.807) is 0 Å². The van der Waals surface area contributed by atoms with Crippen LogP contribution in [0.25, 0.3) is 0 Å². The molecule has 0 saturated carbocycles. The van der Waals surface area contributed by atoms with E-state index in [4.69, 9.17) is 10.5 Å². The highest BCUT2D eigenvalue weighted by Crippen LogP contribution is 2.09. The Kier molecular flexibility index (Phi) is 5.21. The molecule has 0 unspecified atom stereocenters. The molecule has 0 radical (unpaired) electrons. The fraction of sp³-hybridized carbons (Fsp3) is 0.417. The number of carbonyl (C=O) groups excluding carboxylic acids is 1. The molecule has 0 spiro atoms. The van der Waals surface area contributed by atoms with Crippen molar-refractivity contribution in [2.24, 2.45) is 5.73 Å². The third-order valence-corrected chi connectivity index (χ3v) is 2.74. The number of ether oxygens (including phenoxy) is 1. The Bertz CT molecular complexity index is 349. The summed E-state index contributed by atoms with van der Waals surface area (Å²) in [6.07, 6.45) is 0.401. The molecule has 0 aromatic heterocycles. The number of hydrogen-bond acceptors (Lipinski definition) is 3. The van der Waals surface area contributed by atoms with Gasteiger partial charge in [-0.15, -0.1) is 0 Å². The lowest BCUT2D eigenvalue weighted by Gasteiger charge is -2.13. The largest absolute Gasteiger partial charge is 0.462 e. The SMILES string of the molecule is CC(C)OC(=O)[C@@H](N)Cc1ccc(I)cc1.